The third-order valence-electron chi connectivity index (χ3n) is 3.49. The van der Waals surface area contributed by atoms with Gasteiger partial charge in [0.05, 0.1) is 12.7 Å². The van der Waals surface area contributed by atoms with Gasteiger partial charge in [0, 0.05) is 25.9 Å². The summed E-state index contributed by atoms with van der Waals surface area (Å²) in [6.07, 6.45) is 2.73. The standard InChI is InChI=1S/C15H24N2O2/c1-19-11-14(18)7-9-16-10-13-5-2-4-12-6-3-8-17-15(12)13/h2,4-5,14,16-18H,3,6-11H2,1H3. The van der Waals surface area contributed by atoms with Crippen LogP contribution in [0.25, 0.3) is 0 Å². The van der Waals surface area contributed by atoms with Crippen molar-refractivity contribution in [2.24, 2.45) is 0 Å². The Morgan fingerprint density at radius 3 is 3.21 bits per heavy atom. The first-order chi connectivity index (χ1) is 9.31. The molecule has 0 fully saturated rings. The van der Waals surface area contributed by atoms with Crippen LogP contribution in [0.5, 0.6) is 0 Å². The molecule has 0 saturated carbocycles. The Hall–Kier alpha value is -1.10. The van der Waals surface area contributed by atoms with Crippen molar-refractivity contribution in [1.29, 1.82) is 0 Å². The fourth-order valence-corrected chi connectivity index (χ4v) is 2.50. The van der Waals surface area contributed by atoms with Gasteiger partial charge in [-0.15, -0.1) is 0 Å². The molecule has 0 aliphatic carbocycles. The van der Waals surface area contributed by atoms with Crippen LogP contribution in [0.3, 0.4) is 0 Å². The Balaban J connectivity index is 1.80. The van der Waals surface area contributed by atoms with Gasteiger partial charge in [-0.25, -0.2) is 0 Å². The minimum atomic E-state index is -0.375. The maximum absolute atomic E-state index is 9.56. The molecule has 1 aliphatic heterocycles. The Morgan fingerprint density at radius 2 is 2.37 bits per heavy atom. The lowest BCUT2D eigenvalue weighted by atomic mass is 9.99. The molecule has 1 unspecified atom stereocenters. The number of benzene rings is 1. The van der Waals surface area contributed by atoms with E-state index in [2.05, 4.69) is 28.8 Å². The topological polar surface area (TPSA) is 53.5 Å². The molecule has 4 nitrogen and oxygen atoms in total. The molecule has 0 aromatic heterocycles. The second kappa shape index (κ2) is 7.48. The molecular formula is C15H24N2O2. The summed E-state index contributed by atoms with van der Waals surface area (Å²) in [6.45, 7) is 3.12. The molecule has 19 heavy (non-hydrogen) atoms. The number of para-hydroxylation sites is 1. The van der Waals surface area contributed by atoms with Crippen molar-refractivity contribution in [3.8, 4) is 0 Å². The zero-order valence-corrected chi connectivity index (χ0v) is 11.6. The van der Waals surface area contributed by atoms with Gasteiger partial charge in [0.2, 0.25) is 0 Å². The largest absolute Gasteiger partial charge is 0.391 e. The number of hydrogen-bond acceptors (Lipinski definition) is 4. The molecule has 2 rings (SSSR count). The molecule has 0 amide bonds. The van der Waals surface area contributed by atoms with E-state index in [0.29, 0.717) is 6.61 Å². The zero-order valence-electron chi connectivity index (χ0n) is 11.6. The first-order valence-electron chi connectivity index (χ1n) is 7.03. The maximum Gasteiger partial charge on any atom is 0.0785 e. The summed E-state index contributed by atoms with van der Waals surface area (Å²) in [5.74, 6) is 0. The second-order valence-electron chi connectivity index (χ2n) is 5.06. The molecule has 4 heteroatoms. The molecule has 1 heterocycles. The summed E-state index contributed by atoms with van der Waals surface area (Å²) in [7, 11) is 1.61. The summed E-state index contributed by atoms with van der Waals surface area (Å²) in [5, 5.41) is 16.4. The molecule has 1 aromatic rings. The van der Waals surface area contributed by atoms with Crippen molar-refractivity contribution < 1.29 is 9.84 Å². The van der Waals surface area contributed by atoms with E-state index < -0.39 is 0 Å². The van der Waals surface area contributed by atoms with Crippen LogP contribution >= 0.6 is 0 Å². The van der Waals surface area contributed by atoms with Crippen LogP contribution in [0.15, 0.2) is 18.2 Å². The highest BCUT2D eigenvalue weighted by Gasteiger charge is 2.11. The highest BCUT2D eigenvalue weighted by Crippen LogP contribution is 2.25. The first-order valence-corrected chi connectivity index (χ1v) is 7.03. The van der Waals surface area contributed by atoms with E-state index in [4.69, 9.17) is 4.74 Å². The third kappa shape index (κ3) is 4.20. The van der Waals surface area contributed by atoms with Gasteiger partial charge in [0.25, 0.3) is 0 Å². The van der Waals surface area contributed by atoms with Gasteiger partial charge in [-0.1, -0.05) is 18.2 Å². The lowest BCUT2D eigenvalue weighted by Crippen LogP contribution is -2.24. The van der Waals surface area contributed by atoms with E-state index in [0.717, 1.165) is 26.1 Å². The van der Waals surface area contributed by atoms with Crippen molar-refractivity contribution in [3.05, 3.63) is 29.3 Å². The Bertz CT molecular complexity index is 396. The van der Waals surface area contributed by atoms with Crippen molar-refractivity contribution in [2.75, 3.05) is 32.1 Å². The number of aryl methyl sites for hydroxylation is 1. The van der Waals surface area contributed by atoms with Crippen molar-refractivity contribution >= 4 is 5.69 Å². The monoisotopic (exact) mass is 264 g/mol. The van der Waals surface area contributed by atoms with Gasteiger partial charge in [0.1, 0.15) is 0 Å². The predicted molar refractivity (Wildman–Crippen MR) is 77.5 cm³/mol. The van der Waals surface area contributed by atoms with Gasteiger partial charge < -0.3 is 20.5 Å². The number of hydrogen-bond donors (Lipinski definition) is 3. The van der Waals surface area contributed by atoms with Gasteiger partial charge in [-0.05, 0) is 36.9 Å². The van der Waals surface area contributed by atoms with Crippen LogP contribution < -0.4 is 10.6 Å². The molecule has 3 N–H and O–H groups in total. The fourth-order valence-electron chi connectivity index (χ4n) is 2.50. The van der Waals surface area contributed by atoms with Gasteiger partial charge in [-0.3, -0.25) is 0 Å². The lowest BCUT2D eigenvalue weighted by Gasteiger charge is -2.21. The number of ether oxygens (including phenoxy) is 1. The predicted octanol–water partition coefficient (Wildman–Crippen LogP) is 1.53. The molecule has 1 aromatic carbocycles. The van der Waals surface area contributed by atoms with Crippen LogP contribution in [-0.4, -0.2) is 38.0 Å². The number of anilines is 1. The van der Waals surface area contributed by atoms with Crippen molar-refractivity contribution in [2.45, 2.75) is 31.9 Å². The molecule has 1 aliphatic rings. The molecule has 106 valence electrons. The maximum atomic E-state index is 9.56. The molecule has 0 spiro atoms. The number of aliphatic hydroxyl groups excluding tert-OH is 1. The average molecular weight is 264 g/mol. The van der Waals surface area contributed by atoms with E-state index in [1.165, 1.54) is 29.7 Å². The molecule has 1 atom stereocenters. The van der Waals surface area contributed by atoms with Crippen LogP contribution in [-0.2, 0) is 17.7 Å². The molecule has 0 bridgehead atoms. The lowest BCUT2D eigenvalue weighted by molar-refractivity contribution is 0.0594. The number of methoxy groups -OCH3 is 1. The normalized spacial score (nSPS) is 15.7. The first kappa shape index (κ1) is 14.3. The Kier molecular flexibility index (Phi) is 5.63. The highest BCUT2D eigenvalue weighted by atomic mass is 16.5. The Labute approximate surface area is 115 Å². The van der Waals surface area contributed by atoms with Gasteiger partial charge in [-0.2, -0.15) is 0 Å². The van der Waals surface area contributed by atoms with E-state index in [1.807, 2.05) is 0 Å². The third-order valence-corrected chi connectivity index (χ3v) is 3.49. The van der Waals surface area contributed by atoms with Crippen LogP contribution in [0.1, 0.15) is 24.0 Å². The summed E-state index contributed by atoms with van der Waals surface area (Å²) >= 11 is 0. The quantitative estimate of drug-likeness (QED) is 0.654. The number of nitrogens with one attached hydrogen (secondary N) is 2. The van der Waals surface area contributed by atoms with Crippen LogP contribution in [0.2, 0.25) is 0 Å². The second-order valence-corrected chi connectivity index (χ2v) is 5.06. The summed E-state index contributed by atoms with van der Waals surface area (Å²) in [6, 6.07) is 6.49. The summed E-state index contributed by atoms with van der Waals surface area (Å²) in [5.41, 5.74) is 4.04. The zero-order chi connectivity index (χ0) is 13.5. The number of rotatable bonds is 7. The van der Waals surface area contributed by atoms with E-state index in [-0.39, 0.29) is 6.10 Å². The summed E-state index contributed by atoms with van der Waals surface area (Å²) < 4.78 is 4.91. The minimum Gasteiger partial charge on any atom is -0.391 e. The smallest absolute Gasteiger partial charge is 0.0785 e. The number of aliphatic hydroxyl groups is 1. The van der Waals surface area contributed by atoms with Crippen LogP contribution in [0.4, 0.5) is 5.69 Å². The fraction of sp³-hybridized carbons (Fsp3) is 0.600. The minimum absolute atomic E-state index is 0.375. The highest BCUT2D eigenvalue weighted by molar-refractivity contribution is 5.59. The van der Waals surface area contributed by atoms with Crippen molar-refractivity contribution in [1.82, 2.24) is 5.32 Å². The van der Waals surface area contributed by atoms with E-state index in [9.17, 15) is 5.11 Å². The number of fused-ring (bicyclic) bond motifs is 1. The van der Waals surface area contributed by atoms with E-state index in [1.54, 1.807) is 7.11 Å². The van der Waals surface area contributed by atoms with Crippen LogP contribution in [0, 0.1) is 0 Å². The van der Waals surface area contributed by atoms with Gasteiger partial charge in [0.15, 0.2) is 0 Å². The van der Waals surface area contributed by atoms with Crippen molar-refractivity contribution in [3.63, 3.8) is 0 Å². The van der Waals surface area contributed by atoms with Gasteiger partial charge >= 0.3 is 0 Å². The Morgan fingerprint density at radius 1 is 1.47 bits per heavy atom. The SMILES string of the molecule is COCC(O)CCNCc1cccc2c1NCCC2. The molecular weight excluding hydrogens is 240 g/mol. The van der Waals surface area contributed by atoms with E-state index >= 15 is 0 Å². The molecule has 0 radical (unpaired) electrons. The molecule has 0 saturated heterocycles. The summed E-state index contributed by atoms with van der Waals surface area (Å²) in [4.78, 5) is 0. The average Bonchev–Trinajstić information content (AvgIpc) is 2.44.